The summed E-state index contributed by atoms with van der Waals surface area (Å²) in [6.45, 7) is 6.87. The van der Waals surface area contributed by atoms with Gasteiger partial charge in [0.05, 0.1) is 18.8 Å². The molecule has 1 unspecified atom stereocenters. The summed E-state index contributed by atoms with van der Waals surface area (Å²) in [5.41, 5.74) is 1.97. The molecule has 0 aliphatic rings. The van der Waals surface area contributed by atoms with Crippen LogP contribution in [0.25, 0.3) is 10.8 Å². The summed E-state index contributed by atoms with van der Waals surface area (Å²) < 4.78 is 5.82. The highest BCUT2D eigenvalue weighted by Gasteiger charge is 2.20. The van der Waals surface area contributed by atoms with E-state index in [0.717, 1.165) is 12.0 Å². The van der Waals surface area contributed by atoms with Gasteiger partial charge in [-0.25, -0.2) is 0 Å². The van der Waals surface area contributed by atoms with Gasteiger partial charge in [0.25, 0.3) is 0 Å². The number of rotatable bonds is 9. The molecular weight excluding hydrogens is 417 g/mol. The standard InChI is InChI=1S/C25H29Cl2NO2/c1-17(23-11-10-21(26)13-24(23)27)30-16-22(29)15-28-25(2,3)14-18-8-9-19-6-4-5-7-20(19)12-18/h4-13,17,22,28-29H,14-16H2,1-3H3/t17?,22-/m1/s1. The van der Waals surface area contributed by atoms with Gasteiger partial charge in [0.2, 0.25) is 0 Å². The molecule has 3 aromatic carbocycles. The van der Waals surface area contributed by atoms with Gasteiger partial charge in [-0.2, -0.15) is 0 Å². The van der Waals surface area contributed by atoms with Crippen LogP contribution in [0.5, 0.6) is 0 Å². The van der Waals surface area contributed by atoms with E-state index in [4.69, 9.17) is 27.9 Å². The summed E-state index contributed by atoms with van der Waals surface area (Å²) in [5.74, 6) is 0. The molecule has 0 amide bonds. The Bertz CT molecular complexity index is 990. The number of hydrogen-bond acceptors (Lipinski definition) is 3. The lowest BCUT2D eigenvalue weighted by molar-refractivity contribution is -0.00413. The maximum atomic E-state index is 10.4. The second-order valence-electron chi connectivity index (χ2n) is 8.42. The Hall–Kier alpha value is -1.62. The third-order valence-electron chi connectivity index (χ3n) is 5.22. The Labute approximate surface area is 189 Å². The van der Waals surface area contributed by atoms with Gasteiger partial charge in [-0.3, -0.25) is 0 Å². The van der Waals surface area contributed by atoms with Gasteiger partial charge < -0.3 is 15.2 Å². The van der Waals surface area contributed by atoms with Crippen molar-refractivity contribution >= 4 is 34.0 Å². The lowest BCUT2D eigenvalue weighted by Crippen LogP contribution is -2.46. The van der Waals surface area contributed by atoms with Crippen LogP contribution in [-0.2, 0) is 11.2 Å². The van der Waals surface area contributed by atoms with Gasteiger partial charge in [0.15, 0.2) is 0 Å². The summed E-state index contributed by atoms with van der Waals surface area (Å²) in [4.78, 5) is 0. The van der Waals surface area contributed by atoms with Gasteiger partial charge in [-0.1, -0.05) is 71.7 Å². The first-order valence-electron chi connectivity index (χ1n) is 10.2. The van der Waals surface area contributed by atoms with Crippen molar-refractivity contribution in [2.75, 3.05) is 13.2 Å². The average Bonchev–Trinajstić information content (AvgIpc) is 2.70. The van der Waals surface area contributed by atoms with Crippen LogP contribution in [0.4, 0.5) is 0 Å². The molecule has 0 saturated carbocycles. The van der Waals surface area contributed by atoms with Crippen molar-refractivity contribution in [3.8, 4) is 0 Å². The summed E-state index contributed by atoms with van der Waals surface area (Å²) >= 11 is 12.2. The normalized spacial score (nSPS) is 14.1. The van der Waals surface area contributed by atoms with Crippen LogP contribution in [0, 0.1) is 0 Å². The van der Waals surface area contributed by atoms with Crippen molar-refractivity contribution in [3.05, 3.63) is 81.8 Å². The number of benzene rings is 3. The minimum absolute atomic E-state index is 0.158. The van der Waals surface area contributed by atoms with E-state index in [2.05, 4.69) is 61.6 Å². The Morgan fingerprint density at radius 1 is 1.00 bits per heavy atom. The molecule has 3 aromatic rings. The van der Waals surface area contributed by atoms with E-state index >= 15 is 0 Å². The zero-order valence-corrected chi connectivity index (χ0v) is 19.2. The van der Waals surface area contributed by atoms with E-state index in [9.17, 15) is 5.11 Å². The van der Waals surface area contributed by atoms with Crippen LogP contribution >= 0.6 is 23.2 Å². The van der Waals surface area contributed by atoms with Crippen molar-refractivity contribution in [1.82, 2.24) is 5.32 Å². The molecule has 3 nitrogen and oxygen atoms in total. The van der Waals surface area contributed by atoms with E-state index < -0.39 is 6.10 Å². The molecule has 5 heteroatoms. The molecule has 0 aromatic heterocycles. The van der Waals surface area contributed by atoms with Crippen molar-refractivity contribution in [3.63, 3.8) is 0 Å². The maximum absolute atomic E-state index is 10.4. The molecule has 0 radical (unpaired) electrons. The highest BCUT2D eigenvalue weighted by atomic mass is 35.5. The fourth-order valence-corrected chi connectivity index (χ4v) is 4.11. The van der Waals surface area contributed by atoms with E-state index in [1.165, 1.54) is 16.3 Å². The lowest BCUT2D eigenvalue weighted by Gasteiger charge is -2.28. The molecule has 30 heavy (non-hydrogen) atoms. The van der Waals surface area contributed by atoms with Gasteiger partial charge in [-0.15, -0.1) is 0 Å². The summed E-state index contributed by atoms with van der Waals surface area (Å²) in [5, 5.41) is 17.5. The predicted octanol–water partition coefficient (Wildman–Crippen LogP) is 6.20. The minimum Gasteiger partial charge on any atom is -0.389 e. The highest BCUT2D eigenvalue weighted by molar-refractivity contribution is 6.35. The van der Waals surface area contributed by atoms with E-state index in [1.54, 1.807) is 12.1 Å². The number of ether oxygens (including phenoxy) is 1. The maximum Gasteiger partial charge on any atom is 0.0898 e. The van der Waals surface area contributed by atoms with Crippen molar-refractivity contribution in [2.24, 2.45) is 0 Å². The number of fused-ring (bicyclic) bond motifs is 1. The summed E-state index contributed by atoms with van der Waals surface area (Å²) in [7, 11) is 0. The number of aliphatic hydroxyl groups is 1. The Morgan fingerprint density at radius 2 is 1.73 bits per heavy atom. The molecule has 0 aliphatic heterocycles. The van der Waals surface area contributed by atoms with Crippen molar-refractivity contribution < 1.29 is 9.84 Å². The molecule has 0 saturated heterocycles. The van der Waals surface area contributed by atoms with Gasteiger partial charge >= 0.3 is 0 Å². The third kappa shape index (κ3) is 6.44. The molecule has 2 atom stereocenters. The molecule has 0 heterocycles. The second kappa shape index (κ2) is 10.1. The zero-order chi connectivity index (χ0) is 21.7. The van der Waals surface area contributed by atoms with E-state index in [1.807, 2.05) is 13.0 Å². The molecule has 0 aliphatic carbocycles. The van der Waals surface area contributed by atoms with Crippen LogP contribution in [0.1, 0.15) is 38.0 Å². The average molecular weight is 446 g/mol. The number of halogens is 2. The molecule has 3 rings (SSSR count). The first kappa shape index (κ1) is 23.1. The second-order valence-corrected chi connectivity index (χ2v) is 9.26. The quantitative estimate of drug-likeness (QED) is 0.412. The lowest BCUT2D eigenvalue weighted by atomic mass is 9.93. The largest absolute Gasteiger partial charge is 0.389 e. The molecule has 160 valence electrons. The smallest absolute Gasteiger partial charge is 0.0898 e. The molecule has 0 fully saturated rings. The van der Waals surface area contributed by atoms with Crippen LogP contribution < -0.4 is 5.32 Å². The summed E-state index contributed by atoms with van der Waals surface area (Å²) in [6, 6.07) is 20.3. The Balaban J connectivity index is 1.49. The number of β-amino-alcohol motifs (C(OH)–C–C–N with tert-alkyl or cyclic N) is 1. The first-order valence-corrected chi connectivity index (χ1v) is 11.0. The van der Waals surface area contributed by atoms with E-state index in [0.29, 0.717) is 16.6 Å². The topological polar surface area (TPSA) is 41.5 Å². The third-order valence-corrected chi connectivity index (χ3v) is 5.78. The molecule has 0 spiro atoms. The Morgan fingerprint density at radius 3 is 2.47 bits per heavy atom. The van der Waals surface area contributed by atoms with Crippen molar-refractivity contribution in [2.45, 2.75) is 44.9 Å². The minimum atomic E-state index is -0.616. The fraction of sp³-hybridized carbons (Fsp3) is 0.360. The molecular formula is C25H29Cl2NO2. The van der Waals surface area contributed by atoms with Gasteiger partial charge in [0, 0.05) is 22.1 Å². The molecule has 0 bridgehead atoms. The van der Waals surface area contributed by atoms with Crippen LogP contribution in [-0.4, -0.2) is 29.9 Å². The summed E-state index contributed by atoms with van der Waals surface area (Å²) in [6.07, 6.45) is 0.0202. The number of hydrogen-bond donors (Lipinski definition) is 2. The number of aliphatic hydroxyl groups excluding tert-OH is 1. The zero-order valence-electron chi connectivity index (χ0n) is 17.7. The monoisotopic (exact) mass is 445 g/mol. The first-order chi connectivity index (χ1) is 14.2. The highest BCUT2D eigenvalue weighted by Crippen LogP contribution is 2.28. The fourth-order valence-electron chi connectivity index (χ4n) is 3.55. The van der Waals surface area contributed by atoms with E-state index in [-0.39, 0.29) is 18.2 Å². The van der Waals surface area contributed by atoms with Crippen LogP contribution in [0.15, 0.2) is 60.7 Å². The SMILES string of the molecule is CC(OC[C@H](O)CNC(C)(C)Cc1ccc2ccccc2c1)c1ccc(Cl)cc1Cl. The number of nitrogens with one attached hydrogen (secondary N) is 1. The van der Waals surface area contributed by atoms with Gasteiger partial charge in [0.1, 0.15) is 0 Å². The van der Waals surface area contributed by atoms with Crippen molar-refractivity contribution in [1.29, 1.82) is 0 Å². The molecule has 2 N–H and O–H groups in total. The van der Waals surface area contributed by atoms with Crippen LogP contribution in [0.2, 0.25) is 10.0 Å². The van der Waals surface area contributed by atoms with Crippen LogP contribution in [0.3, 0.4) is 0 Å². The predicted molar refractivity (Wildman–Crippen MR) is 127 cm³/mol. The Kier molecular flexibility index (Phi) is 7.78. The van der Waals surface area contributed by atoms with Gasteiger partial charge in [-0.05, 0) is 61.2 Å².